The van der Waals surface area contributed by atoms with E-state index in [9.17, 15) is 14.0 Å². The van der Waals surface area contributed by atoms with Crippen LogP contribution >= 0.6 is 11.6 Å². The number of ether oxygens (including phenoxy) is 1. The third-order valence-corrected chi connectivity index (χ3v) is 3.90. The predicted octanol–water partition coefficient (Wildman–Crippen LogP) is 3.77. The Balaban J connectivity index is 1.74. The summed E-state index contributed by atoms with van der Waals surface area (Å²) in [6, 6.07) is 13.4. The highest BCUT2D eigenvalue weighted by Crippen LogP contribution is 2.16. The number of halogens is 2. The highest BCUT2D eigenvalue weighted by molar-refractivity contribution is 6.31. The van der Waals surface area contributed by atoms with Gasteiger partial charge in [0.05, 0.1) is 10.6 Å². The molecule has 0 aliphatic heterocycles. The normalized spacial score (nSPS) is 11.6. The molecule has 0 saturated carbocycles. The van der Waals surface area contributed by atoms with Gasteiger partial charge in [0.15, 0.2) is 6.61 Å². The van der Waals surface area contributed by atoms with Gasteiger partial charge in [-0.1, -0.05) is 41.9 Å². The van der Waals surface area contributed by atoms with Crippen molar-refractivity contribution in [3.05, 3.63) is 70.5 Å². The van der Waals surface area contributed by atoms with Gasteiger partial charge in [0, 0.05) is 6.04 Å². The van der Waals surface area contributed by atoms with Crippen LogP contribution in [0.1, 0.15) is 29.3 Å². The molecule has 0 aliphatic carbocycles. The van der Waals surface area contributed by atoms with Gasteiger partial charge in [0.1, 0.15) is 5.82 Å². The molecule has 0 saturated heterocycles. The molecule has 1 N–H and O–H groups in total. The lowest BCUT2D eigenvalue weighted by Gasteiger charge is -2.14. The second kappa shape index (κ2) is 9.18. The average molecular weight is 364 g/mol. The highest BCUT2D eigenvalue weighted by Gasteiger charge is 2.13. The second-order valence-electron chi connectivity index (χ2n) is 5.70. The van der Waals surface area contributed by atoms with E-state index in [-0.39, 0.29) is 22.5 Å². The molecule has 6 heteroatoms. The van der Waals surface area contributed by atoms with Crippen LogP contribution in [0.15, 0.2) is 48.5 Å². The van der Waals surface area contributed by atoms with E-state index in [0.29, 0.717) is 0 Å². The number of amides is 1. The number of benzene rings is 2. The van der Waals surface area contributed by atoms with Gasteiger partial charge in [-0.2, -0.15) is 0 Å². The summed E-state index contributed by atoms with van der Waals surface area (Å²) in [4.78, 5) is 23.7. The Hall–Kier alpha value is -2.40. The number of hydrogen-bond donors (Lipinski definition) is 1. The van der Waals surface area contributed by atoms with Gasteiger partial charge in [-0.15, -0.1) is 0 Å². The van der Waals surface area contributed by atoms with E-state index in [1.165, 1.54) is 17.7 Å². The fraction of sp³-hybridized carbons (Fsp3) is 0.263. The van der Waals surface area contributed by atoms with Crippen molar-refractivity contribution in [3.63, 3.8) is 0 Å². The number of carbonyl (C=O) groups excluding carboxylic acids is 2. The van der Waals surface area contributed by atoms with Crippen molar-refractivity contribution in [2.45, 2.75) is 25.8 Å². The fourth-order valence-corrected chi connectivity index (χ4v) is 2.43. The Bertz CT molecular complexity index is 737. The quantitative estimate of drug-likeness (QED) is 0.762. The van der Waals surface area contributed by atoms with Gasteiger partial charge in [0.25, 0.3) is 5.91 Å². The summed E-state index contributed by atoms with van der Waals surface area (Å²) in [6.45, 7) is 1.49. The maximum atomic E-state index is 13.1. The molecule has 0 unspecified atom stereocenters. The lowest BCUT2D eigenvalue weighted by atomic mass is 10.1. The van der Waals surface area contributed by atoms with Crippen LogP contribution in [-0.4, -0.2) is 24.5 Å². The Morgan fingerprint density at radius 3 is 2.60 bits per heavy atom. The molecule has 2 aromatic rings. The van der Waals surface area contributed by atoms with Crippen molar-refractivity contribution in [1.29, 1.82) is 0 Å². The summed E-state index contributed by atoms with van der Waals surface area (Å²) >= 11 is 5.61. The molecular formula is C19H19ClFNO3. The van der Waals surface area contributed by atoms with Crippen molar-refractivity contribution in [3.8, 4) is 0 Å². The van der Waals surface area contributed by atoms with Crippen LogP contribution in [0.3, 0.4) is 0 Å². The maximum absolute atomic E-state index is 13.1. The topological polar surface area (TPSA) is 55.4 Å². The number of rotatable bonds is 7. The third kappa shape index (κ3) is 6.19. The molecule has 1 atom stereocenters. The summed E-state index contributed by atoms with van der Waals surface area (Å²) in [7, 11) is 0. The van der Waals surface area contributed by atoms with Crippen LogP contribution in [0.25, 0.3) is 0 Å². The van der Waals surface area contributed by atoms with Crippen LogP contribution < -0.4 is 5.32 Å². The summed E-state index contributed by atoms with van der Waals surface area (Å²) in [6.07, 6.45) is 1.62. The van der Waals surface area contributed by atoms with Crippen LogP contribution in [-0.2, 0) is 16.0 Å². The molecule has 0 fully saturated rings. The molecular weight excluding hydrogens is 345 g/mol. The van der Waals surface area contributed by atoms with Gasteiger partial charge in [-0.05, 0) is 43.5 Å². The minimum atomic E-state index is -0.728. The molecule has 0 aromatic heterocycles. The molecule has 0 heterocycles. The molecule has 2 aromatic carbocycles. The first kappa shape index (κ1) is 18.9. The largest absolute Gasteiger partial charge is 0.452 e. The Labute approximate surface area is 150 Å². The Morgan fingerprint density at radius 1 is 1.20 bits per heavy atom. The van der Waals surface area contributed by atoms with E-state index < -0.39 is 18.4 Å². The van der Waals surface area contributed by atoms with Crippen LogP contribution in [0.5, 0.6) is 0 Å². The van der Waals surface area contributed by atoms with E-state index >= 15 is 0 Å². The fourth-order valence-electron chi connectivity index (χ4n) is 2.25. The number of hydrogen-bond acceptors (Lipinski definition) is 3. The molecule has 0 bridgehead atoms. The highest BCUT2D eigenvalue weighted by atomic mass is 35.5. The van der Waals surface area contributed by atoms with Crippen LogP contribution in [0.4, 0.5) is 4.39 Å². The molecule has 0 spiro atoms. The lowest BCUT2D eigenvalue weighted by molar-refractivity contribution is -0.124. The Morgan fingerprint density at radius 2 is 1.92 bits per heavy atom. The molecule has 4 nitrogen and oxygen atoms in total. The van der Waals surface area contributed by atoms with Gasteiger partial charge in [-0.3, -0.25) is 4.79 Å². The first-order valence-corrected chi connectivity index (χ1v) is 8.29. The van der Waals surface area contributed by atoms with Gasteiger partial charge in [-0.25, -0.2) is 9.18 Å². The van der Waals surface area contributed by atoms with Crippen molar-refractivity contribution < 1.29 is 18.7 Å². The van der Waals surface area contributed by atoms with Gasteiger partial charge >= 0.3 is 5.97 Å². The molecule has 1 amide bonds. The lowest BCUT2D eigenvalue weighted by Crippen LogP contribution is -2.36. The van der Waals surface area contributed by atoms with Gasteiger partial charge in [0.2, 0.25) is 0 Å². The predicted molar refractivity (Wildman–Crippen MR) is 94.1 cm³/mol. The number of esters is 1. The zero-order valence-electron chi connectivity index (χ0n) is 13.8. The van der Waals surface area contributed by atoms with Gasteiger partial charge < -0.3 is 10.1 Å². The number of aryl methyl sites for hydroxylation is 1. The molecule has 0 aliphatic rings. The standard InChI is InChI=1S/C19H19ClFNO3/c1-13(7-8-14-5-3-2-4-6-14)22-18(23)12-25-19(24)15-9-10-17(21)16(20)11-15/h2-6,9-11,13H,7-8,12H2,1H3,(H,22,23)/t13-/m1/s1. The van der Waals surface area contributed by atoms with E-state index in [2.05, 4.69) is 5.32 Å². The van der Waals surface area contributed by atoms with Crippen molar-refractivity contribution in [2.75, 3.05) is 6.61 Å². The summed E-state index contributed by atoms with van der Waals surface area (Å²) < 4.78 is 18.0. The number of nitrogens with one attached hydrogen (secondary N) is 1. The SMILES string of the molecule is C[C@H](CCc1ccccc1)NC(=O)COC(=O)c1ccc(F)c(Cl)c1. The summed E-state index contributed by atoms with van der Waals surface area (Å²) in [5.41, 5.74) is 1.29. The molecule has 132 valence electrons. The molecule has 0 radical (unpaired) electrons. The van der Waals surface area contributed by atoms with E-state index in [1.807, 2.05) is 37.3 Å². The van der Waals surface area contributed by atoms with Crippen molar-refractivity contribution >= 4 is 23.5 Å². The Kier molecular flexibility index (Phi) is 6.95. The zero-order valence-corrected chi connectivity index (χ0v) is 14.6. The van der Waals surface area contributed by atoms with E-state index in [4.69, 9.17) is 16.3 Å². The minimum Gasteiger partial charge on any atom is -0.452 e. The third-order valence-electron chi connectivity index (χ3n) is 3.61. The van der Waals surface area contributed by atoms with Crippen LogP contribution in [0, 0.1) is 5.82 Å². The summed E-state index contributed by atoms with van der Waals surface area (Å²) in [5, 5.41) is 2.60. The van der Waals surface area contributed by atoms with E-state index in [0.717, 1.165) is 18.9 Å². The minimum absolute atomic E-state index is 0.0494. The first-order chi connectivity index (χ1) is 12.0. The molecule has 2 rings (SSSR count). The zero-order chi connectivity index (χ0) is 18.2. The van der Waals surface area contributed by atoms with E-state index in [1.54, 1.807) is 0 Å². The molecule has 25 heavy (non-hydrogen) atoms. The van der Waals surface area contributed by atoms with Crippen molar-refractivity contribution in [1.82, 2.24) is 5.32 Å². The summed E-state index contributed by atoms with van der Waals surface area (Å²) in [5.74, 6) is -1.74. The average Bonchev–Trinajstić information content (AvgIpc) is 2.61. The number of carbonyl (C=O) groups is 2. The second-order valence-corrected chi connectivity index (χ2v) is 6.11. The van der Waals surface area contributed by atoms with Crippen molar-refractivity contribution in [2.24, 2.45) is 0 Å². The monoisotopic (exact) mass is 363 g/mol. The maximum Gasteiger partial charge on any atom is 0.338 e. The van der Waals surface area contributed by atoms with Crippen LogP contribution in [0.2, 0.25) is 5.02 Å². The first-order valence-electron chi connectivity index (χ1n) is 7.91. The smallest absolute Gasteiger partial charge is 0.338 e.